The number of nitrogens with one attached hydrogen (secondary N) is 2. The van der Waals surface area contributed by atoms with Gasteiger partial charge in [0.05, 0.1) is 11.3 Å². The lowest BCUT2D eigenvalue weighted by molar-refractivity contribution is -0.289. The van der Waals surface area contributed by atoms with E-state index in [2.05, 4.69) is 4.98 Å². The first-order valence-corrected chi connectivity index (χ1v) is 10.9. The van der Waals surface area contributed by atoms with E-state index in [9.17, 15) is 43.5 Å². The zero-order valence-electron chi connectivity index (χ0n) is 17.1. The predicted molar refractivity (Wildman–Crippen MR) is 99.9 cm³/mol. The second-order valence-electron chi connectivity index (χ2n) is 7.72. The van der Waals surface area contributed by atoms with Gasteiger partial charge in [0.2, 0.25) is 0 Å². The summed E-state index contributed by atoms with van der Waals surface area (Å²) in [5, 5.41) is 0. The molecule has 0 saturated heterocycles. The largest absolute Gasteiger partial charge is 0.419 e. The van der Waals surface area contributed by atoms with Gasteiger partial charge in [-0.3, -0.25) is 4.72 Å². The number of alkyl halides is 6. The van der Waals surface area contributed by atoms with E-state index in [1.165, 1.54) is 6.92 Å². The van der Waals surface area contributed by atoms with Crippen molar-refractivity contribution in [1.29, 1.82) is 0 Å². The molecule has 1 heterocycles. The van der Waals surface area contributed by atoms with Crippen LogP contribution >= 0.6 is 0 Å². The first-order valence-electron chi connectivity index (χ1n) is 9.43. The van der Waals surface area contributed by atoms with Gasteiger partial charge in [-0.2, -0.15) is 26.3 Å². The third-order valence-electron chi connectivity index (χ3n) is 5.83. The van der Waals surface area contributed by atoms with Gasteiger partial charge >= 0.3 is 12.4 Å². The van der Waals surface area contributed by atoms with Gasteiger partial charge in [0, 0.05) is 25.1 Å². The SMILES string of the molecule is COC1(C(F)(F)F)CCc2c(S(=O)(=O)Nc3cc(F)c(C(F)(F)F)cc3F)c[nH]c2CC1C. The van der Waals surface area contributed by atoms with Crippen LogP contribution in [-0.2, 0) is 33.8 Å². The standard InChI is InChI=1S/C19H18F8N2O3S/c1-9-5-14-10(3-4-17(9,32-2)19(25,26)27)16(8-28-14)33(30,31)29-15-7-12(20)11(6-13(15)21)18(22,23)24/h6-9,28-29H,3-5H2,1-2H3. The van der Waals surface area contributed by atoms with E-state index < -0.39 is 68.1 Å². The molecule has 0 spiro atoms. The number of methoxy groups -OCH3 is 1. The van der Waals surface area contributed by atoms with Gasteiger partial charge < -0.3 is 9.72 Å². The number of anilines is 1. The lowest BCUT2D eigenvalue weighted by Crippen LogP contribution is -2.52. The van der Waals surface area contributed by atoms with Crippen molar-refractivity contribution in [2.75, 3.05) is 11.8 Å². The van der Waals surface area contributed by atoms with Crippen LogP contribution in [0.4, 0.5) is 40.8 Å². The van der Waals surface area contributed by atoms with E-state index in [1.807, 2.05) is 0 Å². The van der Waals surface area contributed by atoms with Crippen molar-refractivity contribution in [3.63, 3.8) is 0 Å². The molecule has 1 aliphatic rings. The van der Waals surface area contributed by atoms with Crippen molar-refractivity contribution >= 4 is 15.7 Å². The fourth-order valence-corrected chi connectivity index (χ4v) is 5.40. The molecule has 33 heavy (non-hydrogen) atoms. The molecular weight excluding hydrogens is 488 g/mol. The molecule has 2 atom stereocenters. The monoisotopic (exact) mass is 506 g/mol. The number of benzene rings is 1. The van der Waals surface area contributed by atoms with E-state index in [1.54, 1.807) is 4.72 Å². The molecule has 14 heteroatoms. The molecule has 0 saturated carbocycles. The van der Waals surface area contributed by atoms with Gasteiger partial charge in [-0.15, -0.1) is 0 Å². The quantitative estimate of drug-likeness (QED) is 0.443. The molecule has 0 radical (unpaired) electrons. The molecule has 1 aromatic heterocycles. The van der Waals surface area contributed by atoms with Crippen LogP contribution in [0, 0.1) is 17.6 Å². The smallest absolute Gasteiger partial charge is 0.368 e. The molecule has 0 aliphatic heterocycles. The number of H-pyrrole nitrogens is 1. The normalized spacial score (nSPS) is 22.1. The van der Waals surface area contributed by atoms with Crippen molar-refractivity contribution in [2.24, 2.45) is 5.92 Å². The molecule has 5 nitrogen and oxygen atoms in total. The average molecular weight is 506 g/mol. The Kier molecular flexibility index (Phi) is 6.24. The minimum Gasteiger partial charge on any atom is -0.368 e. The maximum Gasteiger partial charge on any atom is 0.419 e. The molecule has 0 bridgehead atoms. The van der Waals surface area contributed by atoms with Crippen LogP contribution in [0.15, 0.2) is 23.2 Å². The van der Waals surface area contributed by atoms with Crippen molar-refractivity contribution in [2.45, 2.75) is 49.0 Å². The first-order chi connectivity index (χ1) is 15.0. The molecule has 2 unspecified atom stereocenters. The molecule has 2 aromatic rings. The highest BCUT2D eigenvalue weighted by molar-refractivity contribution is 7.92. The number of sulfonamides is 1. The maximum absolute atomic E-state index is 14.1. The van der Waals surface area contributed by atoms with E-state index >= 15 is 0 Å². The summed E-state index contributed by atoms with van der Waals surface area (Å²) in [6.45, 7) is 1.31. The number of rotatable bonds is 4. The average Bonchev–Trinajstić information content (AvgIpc) is 3.00. The summed E-state index contributed by atoms with van der Waals surface area (Å²) in [6.07, 6.45) is -10.2. The molecule has 0 fully saturated rings. The first kappa shape index (κ1) is 25.3. The number of hydrogen-bond acceptors (Lipinski definition) is 3. The second kappa shape index (κ2) is 8.15. The van der Waals surface area contributed by atoms with E-state index in [0.717, 1.165) is 13.3 Å². The fourth-order valence-electron chi connectivity index (χ4n) is 4.08. The Hall–Kier alpha value is -2.35. The number of ether oxygens (including phenoxy) is 1. The minimum absolute atomic E-state index is 0.00897. The highest BCUT2D eigenvalue weighted by Gasteiger charge is 2.59. The fraction of sp³-hybridized carbons (Fsp3) is 0.474. The van der Waals surface area contributed by atoms with Crippen LogP contribution in [0.1, 0.15) is 30.2 Å². The molecule has 0 amide bonds. The summed E-state index contributed by atoms with van der Waals surface area (Å²) in [7, 11) is -3.80. The van der Waals surface area contributed by atoms with E-state index in [4.69, 9.17) is 4.74 Å². The van der Waals surface area contributed by atoms with Crippen molar-refractivity contribution < 1.29 is 48.3 Å². The summed E-state index contributed by atoms with van der Waals surface area (Å²) < 4.78 is 139. The number of aromatic amines is 1. The van der Waals surface area contributed by atoms with Crippen molar-refractivity contribution in [3.8, 4) is 0 Å². The van der Waals surface area contributed by atoms with Crippen LogP contribution < -0.4 is 4.72 Å². The van der Waals surface area contributed by atoms with Gasteiger partial charge in [-0.25, -0.2) is 17.2 Å². The van der Waals surface area contributed by atoms with Crippen LogP contribution in [0.5, 0.6) is 0 Å². The Balaban J connectivity index is 1.97. The Labute approximate surface area is 183 Å². The molecule has 1 aromatic carbocycles. The predicted octanol–water partition coefficient (Wildman–Crippen LogP) is 5.18. The Morgan fingerprint density at radius 1 is 1.12 bits per heavy atom. The zero-order chi connectivity index (χ0) is 25.0. The lowest BCUT2D eigenvalue weighted by atomic mass is 9.83. The summed E-state index contributed by atoms with van der Waals surface area (Å²) in [5.41, 5.74) is -5.37. The van der Waals surface area contributed by atoms with Gasteiger partial charge in [0.25, 0.3) is 10.0 Å². The molecule has 1 aliphatic carbocycles. The minimum atomic E-state index is -5.21. The Morgan fingerprint density at radius 3 is 2.30 bits per heavy atom. The number of fused-ring (bicyclic) bond motifs is 1. The van der Waals surface area contributed by atoms with Crippen LogP contribution in [-0.4, -0.2) is 32.3 Å². The maximum atomic E-state index is 14.1. The topological polar surface area (TPSA) is 71.2 Å². The van der Waals surface area contributed by atoms with E-state index in [0.29, 0.717) is 0 Å². The lowest BCUT2D eigenvalue weighted by Gasteiger charge is -2.38. The number of halogens is 8. The van der Waals surface area contributed by atoms with Crippen molar-refractivity contribution in [3.05, 3.63) is 46.8 Å². The highest BCUT2D eigenvalue weighted by Crippen LogP contribution is 2.46. The number of hydrogen-bond donors (Lipinski definition) is 2. The summed E-state index contributed by atoms with van der Waals surface area (Å²) >= 11 is 0. The second-order valence-corrected chi connectivity index (χ2v) is 9.37. The molecule has 3 rings (SSSR count). The zero-order valence-corrected chi connectivity index (χ0v) is 17.9. The Bertz CT molecular complexity index is 1160. The van der Waals surface area contributed by atoms with Gasteiger partial charge in [0.15, 0.2) is 5.60 Å². The molecular formula is C19H18F8N2O3S. The van der Waals surface area contributed by atoms with Crippen LogP contribution in [0.3, 0.4) is 0 Å². The van der Waals surface area contributed by atoms with Crippen LogP contribution in [0.2, 0.25) is 0 Å². The third kappa shape index (κ3) is 4.42. The summed E-state index contributed by atoms with van der Waals surface area (Å²) in [6, 6.07) is -0.147. The van der Waals surface area contributed by atoms with Gasteiger partial charge in [0.1, 0.15) is 16.5 Å². The summed E-state index contributed by atoms with van der Waals surface area (Å²) in [5.74, 6) is -4.68. The Morgan fingerprint density at radius 2 is 1.76 bits per heavy atom. The van der Waals surface area contributed by atoms with Crippen LogP contribution in [0.25, 0.3) is 0 Å². The molecule has 184 valence electrons. The number of aromatic nitrogens is 1. The molecule has 2 N–H and O–H groups in total. The highest BCUT2D eigenvalue weighted by atomic mass is 32.2. The van der Waals surface area contributed by atoms with Gasteiger partial charge in [-0.1, -0.05) is 6.92 Å². The van der Waals surface area contributed by atoms with Crippen molar-refractivity contribution in [1.82, 2.24) is 4.98 Å². The van der Waals surface area contributed by atoms with E-state index in [-0.39, 0.29) is 36.2 Å². The summed E-state index contributed by atoms with van der Waals surface area (Å²) in [4.78, 5) is 2.07. The third-order valence-corrected chi connectivity index (χ3v) is 7.26. The van der Waals surface area contributed by atoms with Gasteiger partial charge in [-0.05, 0) is 36.8 Å².